The number of nitrogens with one attached hydrogen (secondary N) is 1. The van der Waals surface area contributed by atoms with Crippen molar-refractivity contribution in [3.8, 4) is 0 Å². The van der Waals surface area contributed by atoms with Crippen molar-refractivity contribution in [2.45, 2.75) is 59.7 Å². The van der Waals surface area contributed by atoms with E-state index in [1.165, 1.54) is 6.54 Å². The zero-order valence-corrected chi connectivity index (χ0v) is 10.6. The van der Waals surface area contributed by atoms with Crippen LogP contribution in [0.1, 0.15) is 41.5 Å². The summed E-state index contributed by atoms with van der Waals surface area (Å²) in [4.78, 5) is 2.64. The maximum atomic E-state index is 3.53. The second kappa shape index (κ2) is 4.19. The standard InChI is InChI=1S/C12H26N2/c1-9-8-14(10(2)7-13-9)11(3)12(4,5)6/h9-11,13H,7-8H2,1-6H3. The molecule has 1 N–H and O–H groups in total. The van der Waals surface area contributed by atoms with Gasteiger partial charge in [-0.25, -0.2) is 0 Å². The van der Waals surface area contributed by atoms with Gasteiger partial charge in [0.2, 0.25) is 0 Å². The number of hydrogen-bond acceptors (Lipinski definition) is 2. The summed E-state index contributed by atoms with van der Waals surface area (Å²) in [6, 6.07) is 1.96. The summed E-state index contributed by atoms with van der Waals surface area (Å²) in [5.41, 5.74) is 0.380. The van der Waals surface area contributed by atoms with Crippen LogP contribution in [0.5, 0.6) is 0 Å². The van der Waals surface area contributed by atoms with Crippen molar-refractivity contribution in [3.63, 3.8) is 0 Å². The summed E-state index contributed by atoms with van der Waals surface area (Å²) in [5.74, 6) is 0. The van der Waals surface area contributed by atoms with Gasteiger partial charge in [-0.2, -0.15) is 0 Å². The Bertz CT molecular complexity index is 183. The number of piperazine rings is 1. The van der Waals surface area contributed by atoms with E-state index in [2.05, 4.69) is 51.8 Å². The molecule has 84 valence electrons. The van der Waals surface area contributed by atoms with Crippen molar-refractivity contribution in [2.75, 3.05) is 13.1 Å². The molecular weight excluding hydrogens is 172 g/mol. The second-order valence-electron chi connectivity index (χ2n) is 5.90. The fourth-order valence-electron chi connectivity index (χ4n) is 2.09. The van der Waals surface area contributed by atoms with Crippen LogP contribution in [0.25, 0.3) is 0 Å². The van der Waals surface area contributed by atoms with Gasteiger partial charge in [0.15, 0.2) is 0 Å². The predicted molar refractivity (Wildman–Crippen MR) is 62.5 cm³/mol. The maximum absolute atomic E-state index is 3.53. The SMILES string of the molecule is CC1CN(C(C)C(C)(C)C)C(C)CN1. The van der Waals surface area contributed by atoms with Gasteiger partial charge in [0.05, 0.1) is 0 Å². The number of nitrogens with zero attached hydrogens (tertiary/aromatic N) is 1. The summed E-state index contributed by atoms with van der Waals surface area (Å²) in [6.45, 7) is 16.2. The third-order valence-electron chi connectivity index (χ3n) is 3.56. The Labute approximate surface area is 89.1 Å². The van der Waals surface area contributed by atoms with Gasteiger partial charge in [0.25, 0.3) is 0 Å². The van der Waals surface area contributed by atoms with Crippen LogP contribution in [0.4, 0.5) is 0 Å². The first kappa shape index (κ1) is 12.0. The van der Waals surface area contributed by atoms with Crippen molar-refractivity contribution in [1.29, 1.82) is 0 Å². The molecule has 14 heavy (non-hydrogen) atoms. The Kier molecular flexibility index (Phi) is 3.59. The van der Waals surface area contributed by atoms with E-state index in [4.69, 9.17) is 0 Å². The van der Waals surface area contributed by atoms with Crippen LogP contribution in [0.3, 0.4) is 0 Å². The van der Waals surface area contributed by atoms with Gasteiger partial charge in [-0.1, -0.05) is 20.8 Å². The lowest BCUT2D eigenvalue weighted by Gasteiger charge is -2.46. The molecule has 0 spiro atoms. The van der Waals surface area contributed by atoms with Crippen LogP contribution >= 0.6 is 0 Å². The van der Waals surface area contributed by atoms with Crippen LogP contribution in [0, 0.1) is 5.41 Å². The van der Waals surface area contributed by atoms with E-state index in [-0.39, 0.29) is 0 Å². The zero-order chi connectivity index (χ0) is 10.9. The third kappa shape index (κ3) is 2.71. The van der Waals surface area contributed by atoms with Crippen molar-refractivity contribution in [1.82, 2.24) is 10.2 Å². The molecule has 3 atom stereocenters. The van der Waals surface area contributed by atoms with E-state index in [1.807, 2.05) is 0 Å². The van der Waals surface area contributed by atoms with Gasteiger partial charge >= 0.3 is 0 Å². The van der Waals surface area contributed by atoms with Gasteiger partial charge in [-0.3, -0.25) is 4.90 Å². The van der Waals surface area contributed by atoms with Crippen molar-refractivity contribution >= 4 is 0 Å². The first-order valence-electron chi connectivity index (χ1n) is 5.81. The monoisotopic (exact) mass is 198 g/mol. The lowest BCUT2D eigenvalue weighted by Crippen LogP contribution is -2.59. The van der Waals surface area contributed by atoms with Gasteiger partial charge in [0, 0.05) is 31.2 Å². The Morgan fingerprint density at radius 3 is 2.36 bits per heavy atom. The van der Waals surface area contributed by atoms with Crippen LogP contribution in [0.2, 0.25) is 0 Å². The second-order valence-corrected chi connectivity index (χ2v) is 5.90. The molecule has 0 bridgehead atoms. The van der Waals surface area contributed by atoms with Gasteiger partial charge in [-0.15, -0.1) is 0 Å². The molecular formula is C12H26N2. The first-order chi connectivity index (χ1) is 6.32. The lowest BCUT2D eigenvalue weighted by atomic mass is 9.85. The Morgan fingerprint density at radius 1 is 1.29 bits per heavy atom. The topological polar surface area (TPSA) is 15.3 Å². The number of rotatable bonds is 1. The minimum atomic E-state index is 0.380. The molecule has 0 aromatic rings. The third-order valence-corrected chi connectivity index (χ3v) is 3.56. The minimum Gasteiger partial charge on any atom is -0.311 e. The smallest absolute Gasteiger partial charge is 0.0196 e. The average molecular weight is 198 g/mol. The van der Waals surface area contributed by atoms with E-state index >= 15 is 0 Å². The molecule has 1 fully saturated rings. The molecule has 1 heterocycles. The zero-order valence-electron chi connectivity index (χ0n) is 10.6. The van der Waals surface area contributed by atoms with Crippen LogP contribution < -0.4 is 5.32 Å². The fraction of sp³-hybridized carbons (Fsp3) is 1.00. The van der Waals surface area contributed by atoms with Crippen molar-refractivity contribution < 1.29 is 0 Å². The lowest BCUT2D eigenvalue weighted by molar-refractivity contribution is 0.0458. The fourth-order valence-corrected chi connectivity index (χ4v) is 2.09. The summed E-state index contributed by atoms with van der Waals surface area (Å²) in [5, 5.41) is 3.53. The highest BCUT2D eigenvalue weighted by molar-refractivity contribution is 4.89. The Morgan fingerprint density at radius 2 is 1.86 bits per heavy atom. The average Bonchev–Trinajstić information content (AvgIpc) is 2.06. The molecule has 0 radical (unpaired) electrons. The maximum Gasteiger partial charge on any atom is 0.0196 e. The van der Waals surface area contributed by atoms with E-state index in [9.17, 15) is 0 Å². The molecule has 1 rings (SSSR count). The molecule has 1 aliphatic heterocycles. The summed E-state index contributed by atoms with van der Waals surface area (Å²) >= 11 is 0. The van der Waals surface area contributed by atoms with Gasteiger partial charge < -0.3 is 5.32 Å². The number of hydrogen-bond donors (Lipinski definition) is 1. The van der Waals surface area contributed by atoms with Crippen molar-refractivity contribution in [2.24, 2.45) is 5.41 Å². The summed E-state index contributed by atoms with van der Waals surface area (Å²) in [6.07, 6.45) is 0. The summed E-state index contributed by atoms with van der Waals surface area (Å²) < 4.78 is 0. The first-order valence-corrected chi connectivity index (χ1v) is 5.81. The highest BCUT2D eigenvalue weighted by Gasteiger charge is 2.32. The van der Waals surface area contributed by atoms with Gasteiger partial charge in [0.1, 0.15) is 0 Å². The van der Waals surface area contributed by atoms with Crippen LogP contribution in [-0.4, -0.2) is 36.1 Å². The molecule has 0 aromatic carbocycles. The molecule has 3 unspecified atom stereocenters. The van der Waals surface area contributed by atoms with Crippen molar-refractivity contribution in [3.05, 3.63) is 0 Å². The highest BCUT2D eigenvalue weighted by Crippen LogP contribution is 2.26. The van der Waals surface area contributed by atoms with E-state index in [0.717, 1.165) is 6.54 Å². The molecule has 0 aromatic heterocycles. The van der Waals surface area contributed by atoms with E-state index in [1.54, 1.807) is 0 Å². The quantitative estimate of drug-likeness (QED) is 0.694. The predicted octanol–water partition coefficient (Wildman–Crippen LogP) is 2.10. The summed E-state index contributed by atoms with van der Waals surface area (Å²) in [7, 11) is 0. The molecule has 1 aliphatic rings. The Hall–Kier alpha value is -0.0800. The molecule has 0 amide bonds. The normalized spacial score (nSPS) is 33.0. The van der Waals surface area contributed by atoms with E-state index in [0.29, 0.717) is 23.5 Å². The van der Waals surface area contributed by atoms with Gasteiger partial charge in [-0.05, 0) is 26.2 Å². The Balaban J connectivity index is 2.65. The largest absolute Gasteiger partial charge is 0.311 e. The molecule has 2 heteroatoms. The highest BCUT2D eigenvalue weighted by atomic mass is 15.3. The molecule has 1 saturated heterocycles. The minimum absolute atomic E-state index is 0.380. The van der Waals surface area contributed by atoms with E-state index < -0.39 is 0 Å². The molecule has 2 nitrogen and oxygen atoms in total. The molecule has 0 saturated carbocycles. The van der Waals surface area contributed by atoms with Crippen LogP contribution in [0.15, 0.2) is 0 Å². The molecule has 0 aliphatic carbocycles. The van der Waals surface area contributed by atoms with Crippen LogP contribution in [-0.2, 0) is 0 Å².